The van der Waals surface area contributed by atoms with Gasteiger partial charge in [0.2, 0.25) is 0 Å². The SMILES string of the molecule is CC(c1cc(N)c(N)c(C(F)(F)F)c1)N1CCC2(CC2)C1. The highest BCUT2D eigenvalue weighted by molar-refractivity contribution is 5.69. The van der Waals surface area contributed by atoms with E-state index in [1.54, 1.807) is 6.07 Å². The molecule has 1 unspecified atom stereocenters. The molecule has 1 aromatic rings. The van der Waals surface area contributed by atoms with Crippen LogP contribution in [0.15, 0.2) is 12.1 Å². The fourth-order valence-electron chi connectivity index (χ4n) is 3.27. The third-order valence-electron chi connectivity index (χ3n) is 4.99. The molecule has 2 aliphatic rings. The molecule has 3 nitrogen and oxygen atoms in total. The predicted octanol–water partition coefficient (Wildman–Crippen LogP) is 3.42. The van der Waals surface area contributed by atoms with Crippen molar-refractivity contribution >= 4 is 11.4 Å². The van der Waals surface area contributed by atoms with Crippen molar-refractivity contribution in [2.75, 3.05) is 24.6 Å². The van der Waals surface area contributed by atoms with E-state index in [-0.39, 0.29) is 17.4 Å². The number of hydrogen-bond acceptors (Lipinski definition) is 3. The van der Waals surface area contributed by atoms with Gasteiger partial charge >= 0.3 is 6.18 Å². The van der Waals surface area contributed by atoms with Crippen molar-refractivity contribution in [2.24, 2.45) is 5.41 Å². The van der Waals surface area contributed by atoms with Gasteiger partial charge in [0.25, 0.3) is 0 Å². The normalized spacial score (nSPS) is 22.7. The van der Waals surface area contributed by atoms with Gasteiger partial charge in [-0.05, 0) is 55.8 Å². The van der Waals surface area contributed by atoms with Crippen LogP contribution in [0.5, 0.6) is 0 Å². The summed E-state index contributed by atoms with van der Waals surface area (Å²) in [7, 11) is 0. The van der Waals surface area contributed by atoms with Crippen LogP contribution in [0.4, 0.5) is 24.5 Å². The lowest BCUT2D eigenvalue weighted by atomic mass is 10.0. The number of halogens is 3. The van der Waals surface area contributed by atoms with Crippen LogP contribution in [0.25, 0.3) is 0 Å². The molecule has 0 amide bonds. The van der Waals surface area contributed by atoms with E-state index in [2.05, 4.69) is 4.90 Å². The van der Waals surface area contributed by atoms with Crippen LogP contribution in [-0.2, 0) is 6.18 Å². The standard InChI is InChI=1S/C15H20F3N3/c1-9(21-5-4-14(8-21)2-3-14)10-6-11(15(16,17)18)13(20)12(19)7-10/h6-7,9H,2-5,8,19-20H2,1H3. The largest absolute Gasteiger partial charge is 0.418 e. The maximum absolute atomic E-state index is 13.0. The summed E-state index contributed by atoms with van der Waals surface area (Å²) >= 11 is 0. The average molecular weight is 299 g/mol. The van der Waals surface area contributed by atoms with Crippen LogP contribution in [0.3, 0.4) is 0 Å². The van der Waals surface area contributed by atoms with Crippen molar-refractivity contribution in [1.82, 2.24) is 4.90 Å². The highest BCUT2D eigenvalue weighted by Gasteiger charge is 2.48. The fraction of sp³-hybridized carbons (Fsp3) is 0.600. The van der Waals surface area contributed by atoms with E-state index in [4.69, 9.17) is 11.5 Å². The average Bonchev–Trinajstić information content (AvgIpc) is 3.00. The summed E-state index contributed by atoms with van der Waals surface area (Å²) in [5, 5.41) is 0. The summed E-state index contributed by atoms with van der Waals surface area (Å²) in [6.45, 7) is 3.85. The van der Waals surface area contributed by atoms with Gasteiger partial charge in [-0.3, -0.25) is 4.90 Å². The molecule has 1 atom stereocenters. The summed E-state index contributed by atoms with van der Waals surface area (Å²) in [4.78, 5) is 2.25. The van der Waals surface area contributed by atoms with Gasteiger partial charge in [0, 0.05) is 12.6 Å². The highest BCUT2D eigenvalue weighted by atomic mass is 19.4. The molecule has 2 fully saturated rings. The molecule has 21 heavy (non-hydrogen) atoms. The van der Waals surface area contributed by atoms with Crippen molar-refractivity contribution in [1.29, 1.82) is 0 Å². The number of nitrogens with zero attached hydrogens (tertiary/aromatic N) is 1. The van der Waals surface area contributed by atoms with E-state index >= 15 is 0 Å². The van der Waals surface area contributed by atoms with E-state index in [0.717, 1.165) is 25.6 Å². The van der Waals surface area contributed by atoms with Crippen molar-refractivity contribution in [3.05, 3.63) is 23.3 Å². The molecule has 1 aliphatic carbocycles. The van der Waals surface area contributed by atoms with Gasteiger partial charge in [-0.1, -0.05) is 0 Å². The molecule has 0 bridgehead atoms. The Hall–Kier alpha value is -1.43. The van der Waals surface area contributed by atoms with Crippen molar-refractivity contribution in [3.63, 3.8) is 0 Å². The van der Waals surface area contributed by atoms with Gasteiger partial charge in [-0.15, -0.1) is 0 Å². The van der Waals surface area contributed by atoms with E-state index in [0.29, 0.717) is 11.0 Å². The molecule has 1 saturated carbocycles. The van der Waals surface area contributed by atoms with Gasteiger partial charge in [-0.25, -0.2) is 0 Å². The molecule has 0 radical (unpaired) electrons. The summed E-state index contributed by atoms with van der Waals surface area (Å²) in [6, 6.07) is 2.65. The van der Waals surface area contributed by atoms with Crippen LogP contribution in [0.1, 0.15) is 43.4 Å². The topological polar surface area (TPSA) is 55.3 Å². The first-order valence-electron chi connectivity index (χ1n) is 7.22. The number of likely N-dealkylation sites (tertiary alicyclic amines) is 1. The molecule has 1 aliphatic heterocycles. The zero-order valence-electron chi connectivity index (χ0n) is 12.0. The molecule has 1 saturated heterocycles. The molecule has 116 valence electrons. The molecule has 4 N–H and O–H groups in total. The Morgan fingerprint density at radius 3 is 2.38 bits per heavy atom. The Bertz CT molecular complexity index is 564. The van der Waals surface area contributed by atoms with Crippen LogP contribution < -0.4 is 11.5 Å². The maximum atomic E-state index is 13.0. The van der Waals surface area contributed by atoms with Crippen LogP contribution >= 0.6 is 0 Å². The van der Waals surface area contributed by atoms with E-state index < -0.39 is 11.7 Å². The number of nitrogens with two attached hydrogens (primary N) is 2. The Morgan fingerprint density at radius 1 is 1.19 bits per heavy atom. The van der Waals surface area contributed by atoms with Crippen LogP contribution in [0.2, 0.25) is 0 Å². The molecular weight excluding hydrogens is 279 g/mol. The summed E-state index contributed by atoms with van der Waals surface area (Å²) < 4.78 is 39.1. The van der Waals surface area contributed by atoms with Crippen LogP contribution in [-0.4, -0.2) is 18.0 Å². The van der Waals surface area contributed by atoms with Gasteiger partial charge in [0.05, 0.1) is 16.9 Å². The number of nitrogen functional groups attached to an aromatic ring is 2. The molecule has 0 aromatic heterocycles. The second-order valence-corrected chi connectivity index (χ2v) is 6.47. The Kier molecular flexibility index (Phi) is 3.13. The van der Waals surface area contributed by atoms with E-state index in [1.165, 1.54) is 12.8 Å². The number of rotatable bonds is 2. The summed E-state index contributed by atoms with van der Waals surface area (Å²) in [5.41, 5.74) is 11.0. The minimum Gasteiger partial charge on any atom is -0.397 e. The minimum atomic E-state index is -4.48. The first kappa shape index (κ1) is 14.5. The van der Waals surface area contributed by atoms with Crippen molar-refractivity contribution in [3.8, 4) is 0 Å². The Morgan fingerprint density at radius 2 is 1.86 bits per heavy atom. The second-order valence-electron chi connectivity index (χ2n) is 6.47. The number of anilines is 2. The highest BCUT2D eigenvalue weighted by Crippen LogP contribution is 2.54. The molecule has 6 heteroatoms. The van der Waals surface area contributed by atoms with E-state index in [1.807, 2.05) is 6.92 Å². The predicted molar refractivity (Wildman–Crippen MR) is 76.5 cm³/mol. The molecule has 1 spiro atoms. The lowest BCUT2D eigenvalue weighted by Crippen LogP contribution is -2.25. The van der Waals surface area contributed by atoms with Gasteiger partial charge < -0.3 is 11.5 Å². The summed E-state index contributed by atoms with van der Waals surface area (Å²) in [6.07, 6.45) is -0.841. The monoisotopic (exact) mass is 299 g/mol. The zero-order valence-corrected chi connectivity index (χ0v) is 12.0. The second kappa shape index (κ2) is 4.53. The Labute approximate surface area is 122 Å². The Balaban J connectivity index is 1.89. The van der Waals surface area contributed by atoms with Gasteiger partial charge in [0.15, 0.2) is 0 Å². The smallest absolute Gasteiger partial charge is 0.397 e. The van der Waals surface area contributed by atoms with Crippen LogP contribution in [0, 0.1) is 5.41 Å². The van der Waals surface area contributed by atoms with Gasteiger partial charge in [-0.2, -0.15) is 13.2 Å². The molecule has 3 rings (SSSR count). The van der Waals surface area contributed by atoms with Crippen molar-refractivity contribution < 1.29 is 13.2 Å². The number of alkyl halides is 3. The lowest BCUT2D eigenvalue weighted by Gasteiger charge is -2.26. The third-order valence-corrected chi connectivity index (χ3v) is 4.99. The fourth-order valence-corrected chi connectivity index (χ4v) is 3.27. The van der Waals surface area contributed by atoms with Crippen molar-refractivity contribution in [2.45, 2.75) is 38.4 Å². The number of hydrogen-bond donors (Lipinski definition) is 2. The molecule has 1 aromatic carbocycles. The quantitative estimate of drug-likeness (QED) is 0.823. The first-order valence-corrected chi connectivity index (χ1v) is 7.22. The molecular formula is C15H20F3N3. The third kappa shape index (κ3) is 2.57. The first-order chi connectivity index (χ1) is 9.72. The zero-order chi connectivity index (χ0) is 15.4. The lowest BCUT2D eigenvalue weighted by molar-refractivity contribution is -0.136. The molecule has 1 heterocycles. The summed E-state index contributed by atoms with van der Waals surface area (Å²) in [5.74, 6) is 0. The van der Waals surface area contributed by atoms with Gasteiger partial charge in [0.1, 0.15) is 0 Å². The van der Waals surface area contributed by atoms with E-state index in [9.17, 15) is 13.2 Å². The maximum Gasteiger partial charge on any atom is 0.418 e. The minimum absolute atomic E-state index is 0.00649. The number of benzene rings is 1.